The molecule has 0 radical (unpaired) electrons. The number of aliphatic hydroxyl groups excluding tert-OH is 1. The summed E-state index contributed by atoms with van der Waals surface area (Å²) < 4.78 is 54.8. The molecule has 150 valence electrons. The van der Waals surface area contributed by atoms with Crippen LogP contribution in [0.5, 0.6) is 0 Å². The minimum Gasteiger partial charge on any atom is -0.396 e. The Kier molecular flexibility index (Phi) is 5.13. The van der Waals surface area contributed by atoms with Crippen molar-refractivity contribution in [3.8, 4) is 0 Å². The molecule has 0 spiro atoms. The van der Waals surface area contributed by atoms with Crippen LogP contribution in [0.15, 0.2) is 52.4 Å². The van der Waals surface area contributed by atoms with Gasteiger partial charge in [-0.2, -0.15) is 13.2 Å². The predicted molar refractivity (Wildman–Crippen MR) is 99.2 cm³/mol. The number of aryl methyl sites for hydroxylation is 1. The summed E-state index contributed by atoms with van der Waals surface area (Å²) >= 11 is 1.08. The quantitative estimate of drug-likeness (QED) is 0.480. The Balaban J connectivity index is 1.92. The van der Waals surface area contributed by atoms with E-state index in [4.69, 9.17) is 5.11 Å². The maximum Gasteiger partial charge on any atom is 0.452 e. The third kappa shape index (κ3) is 3.90. The maximum absolute atomic E-state index is 13.6. The van der Waals surface area contributed by atoms with Gasteiger partial charge >= 0.3 is 6.18 Å². The van der Waals surface area contributed by atoms with Gasteiger partial charge in [-0.1, -0.05) is 17.8 Å². The lowest BCUT2D eigenvalue weighted by Gasteiger charge is -2.11. The first-order chi connectivity index (χ1) is 13.9. The molecule has 0 saturated carbocycles. The molecule has 0 saturated heterocycles. The second-order valence-electron chi connectivity index (χ2n) is 6.30. The van der Waals surface area contributed by atoms with E-state index < -0.39 is 17.8 Å². The molecule has 0 atom stereocenters. The van der Waals surface area contributed by atoms with Crippen LogP contribution in [0.1, 0.15) is 17.8 Å². The summed E-state index contributed by atoms with van der Waals surface area (Å²) in [6, 6.07) is 10.6. The Morgan fingerprint density at radius 1 is 1.03 bits per heavy atom. The molecular formula is C19H14F4N4OS. The minimum atomic E-state index is -4.70. The van der Waals surface area contributed by atoms with E-state index in [1.807, 2.05) is 0 Å². The number of rotatable bonds is 5. The van der Waals surface area contributed by atoms with Crippen molar-refractivity contribution < 1.29 is 22.7 Å². The molecule has 0 amide bonds. The molecule has 29 heavy (non-hydrogen) atoms. The lowest BCUT2D eigenvalue weighted by atomic mass is 10.1. The minimum absolute atomic E-state index is 0.0145. The average molecular weight is 422 g/mol. The Morgan fingerprint density at radius 3 is 2.48 bits per heavy atom. The van der Waals surface area contributed by atoms with Gasteiger partial charge in [0.15, 0.2) is 5.65 Å². The second-order valence-corrected chi connectivity index (χ2v) is 7.37. The standard InChI is InChI=1S/C19H14F4N4OS/c20-12-4-6-13(7-5-12)29-17-16-25-26-18(19(21,22)23)27(16)15-10-11(2-1-9-28)3-8-14(15)24-17/h3-8,10,28H,1-2,9H2. The Morgan fingerprint density at radius 2 is 1.79 bits per heavy atom. The van der Waals surface area contributed by atoms with Gasteiger partial charge in [0.05, 0.1) is 11.0 Å². The van der Waals surface area contributed by atoms with Crippen molar-refractivity contribution in [1.82, 2.24) is 19.6 Å². The van der Waals surface area contributed by atoms with E-state index >= 15 is 0 Å². The largest absolute Gasteiger partial charge is 0.452 e. The van der Waals surface area contributed by atoms with Crippen molar-refractivity contribution in [2.75, 3.05) is 6.61 Å². The fourth-order valence-corrected chi connectivity index (χ4v) is 3.82. The maximum atomic E-state index is 13.6. The molecule has 2 aromatic carbocycles. The zero-order chi connectivity index (χ0) is 20.6. The van der Waals surface area contributed by atoms with Crippen LogP contribution >= 0.6 is 11.8 Å². The summed E-state index contributed by atoms with van der Waals surface area (Å²) in [4.78, 5) is 5.07. The van der Waals surface area contributed by atoms with Crippen molar-refractivity contribution in [1.29, 1.82) is 0 Å². The van der Waals surface area contributed by atoms with Crippen LogP contribution in [0.3, 0.4) is 0 Å². The topological polar surface area (TPSA) is 63.3 Å². The molecule has 0 unspecified atom stereocenters. The van der Waals surface area contributed by atoms with Gasteiger partial charge in [-0.05, 0) is 54.8 Å². The highest BCUT2D eigenvalue weighted by molar-refractivity contribution is 7.99. The zero-order valence-corrected chi connectivity index (χ0v) is 15.6. The number of nitrogens with zero attached hydrogens (tertiary/aromatic N) is 4. The Labute approximate surface area is 166 Å². The first-order valence-corrected chi connectivity index (χ1v) is 9.48. The van der Waals surface area contributed by atoms with Crippen molar-refractivity contribution >= 4 is 28.4 Å². The van der Waals surface area contributed by atoms with E-state index in [0.29, 0.717) is 23.3 Å². The number of halogens is 4. The fraction of sp³-hybridized carbons (Fsp3) is 0.211. The van der Waals surface area contributed by atoms with E-state index in [1.165, 1.54) is 24.3 Å². The van der Waals surface area contributed by atoms with E-state index in [1.54, 1.807) is 18.2 Å². The van der Waals surface area contributed by atoms with Gasteiger partial charge in [0, 0.05) is 11.5 Å². The van der Waals surface area contributed by atoms with Gasteiger partial charge < -0.3 is 5.11 Å². The molecule has 0 fully saturated rings. The van der Waals surface area contributed by atoms with Crippen LogP contribution in [0.25, 0.3) is 16.7 Å². The number of hydrogen-bond donors (Lipinski definition) is 1. The van der Waals surface area contributed by atoms with E-state index in [2.05, 4.69) is 15.2 Å². The highest BCUT2D eigenvalue weighted by atomic mass is 32.2. The summed E-state index contributed by atoms with van der Waals surface area (Å²) in [6.45, 7) is -0.0145. The third-order valence-electron chi connectivity index (χ3n) is 4.26. The van der Waals surface area contributed by atoms with Crippen molar-refractivity contribution in [3.63, 3.8) is 0 Å². The number of hydrogen-bond acceptors (Lipinski definition) is 5. The molecule has 5 nitrogen and oxygen atoms in total. The molecule has 0 aliphatic rings. The van der Waals surface area contributed by atoms with E-state index in [9.17, 15) is 17.6 Å². The molecule has 2 heterocycles. The van der Waals surface area contributed by atoms with Crippen LogP contribution in [0.2, 0.25) is 0 Å². The molecule has 10 heteroatoms. The molecule has 1 N–H and O–H groups in total. The van der Waals surface area contributed by atoms with Crippen molar-refractivity contribution in [3.05, 3.63) is 59.7 Å². The number of aliphatic hydroxyl groups is 1. The van der Waals surface area contributed by atoms with E-state index in [-0.39, 0.29) is 22.8 Å². The monoisotopic (exact) mass is 422 g/mol. The average Bonchev–Trinajstić information content (AvgIpc) is 3.14. The van der Waals surface area contributed by atoms with Crippen molar-refractivity contribution in [2.24, 2.45) is 0 Å². The zero-order valence-electron chi connectivity index (χ0n) is 14.8. The fourth-order valence-electron chi connectivity index (χ4n) is 2.96. The van der Waals surface area contributed by atoms with Crippen LogP contribution in [-0.2, 0) is 12.6 Å². The first-order valence-electron chi connectivity index (χ1n) is 8.66. The summed E-state index contributed by atoms with van der Waals surface area (Å²) in [6.07, 6.45) is -3.69. The van der Waals surface area contributed by atoms with Gasteiger partial charge in [-0.3, -0.25) is 4.40 Å². The Bertz CT molecular complexity index is 1170. The molecule has 0 bridgehead atoms. The molecule has 4 aromatic rings. The normalized spacial score (nSPS) is 12.2. The highest BCUT2D eigenvalue weighted by Gasteiger charge is 2.38. The molecule has 0 aliphatic heterocycles. The predicted octanol–water partition coefficient (Wildman–Crippen LogP) is 4.51. The van der Waals surface area contributed by atoms with Crippen molar-refractivity contribution in [2.45, 2.75) is 28.9 Å². The molecule has 2 aromatic heterocycles. The van der Waals surface area contributed by atoms with Gasteiger partial charge in [-0.25, -0.2) is 9.37 Å². The van der Waals surface area contributed by atoms with Gasteiger partial charge in [0.2, 0.25) is 5.82 Å². The lowest BCUT2D eigenvalue weighted by Crippen LogP contribution is -2.12. The van der Waals surface area contributed by atoms with Gasteiger partial charge in [0.25, 0.3) is 0 Å². The smallest absolute Gasteiger partial charge is 0.396 e. The number of benzene rings is 2. The summed E-state index contributed by atoms with van der Waals surface area (Å²) in [5.74, 6) is -1.55. The third-order valence-corrected chi connectivity index (χ3v) is 5.24. The SMILES string of the molecule is OCCCc1ccc2nc(Sc3ccc(F)cc3)c3nnc(C(F)(F)F)n3c2c1. The first kappa shape index (κ1) is 19.6. The van der Waals surface area contributed by atoms with Gasteiger partial charge in [-0.15, -0.1) is 10.2 Å². The summed E-state index contributed by atoms with van der Waals surface area (Å²) in [5.41, 5.74) is 1.32. The van der Waals surface area contributed by atoms with Crippen LogP contribution in [0, 0.1) is 5.82 Å². The molecular weight excluding hydrogens is 408 g/mol. The van der Waals surface area contributed by atoms with Crippen LogP contribution in [0.4, 0.5) is 17.6 Å². The van der Waals surface area contributed by atoms with Crippen LogP contribution < -0.4 is 0 Å². The Hall–Kier alpha value is -2.72. The van der Waals surface area contributed by atoms with Crippen LogP contribution in [-0.4, -0.2) is 31.3 Å². The number of fused-ring (bicyclic) bond motifs is 3. The molecule has 4 rings (SSSR count). The number of alkyl halides is 3. The highest BCUT2D eigenvalue weighted by Crippen LogP contribution is 2.35. The summed E-state index contributed by atoms with van der Waals surface area (Å²) in [5, 5.41) is 16.3. The summed E-state index contributed by atoms with van der Waals surface area (Å²) in [7, 11) is 0. The van der Waals surface area contributed by atoms with E-state index in [0.717, 1.165) is 21.7 Å². The lowest BCUT2D eigenvalue weighted by molar-refractivity contribution is -0.145. The molecule has 0 aliphatic carbocycles. The number of aromatic nitrogens is 4. The second kappa shape index (κ2) is 7.60. The van der Waals surface area contributed by atoms with Gasteiger partial charge in [0.1, 0.15) is 10.8 Å².